The number of hydrogen-bond acceptors (Lipinski definition) is 4. The molecule has 21 aromatic carbocycles. The molecule has 4 nitrogen and oxygen atoms in total. The summed E-state index contributed by atoms with van der Waals surface area (Å²) < 4.78 is 4.54. The Kier molecular flexibility index (Phi) is 24.4. The topological polar surface area (TPSA) is 80.9 Å². The third kappa shape index (κ3) is 17.2. The van der Waals surface area contributed by atoms with Crippen LogP contribution in [0.15, 0.2) is 443 Å². The molecule has 0 unspecified atom stereocenters. The maximum absolute atomic E-state index is 9.43. The standard InChI is InChI=1S/C30H19Br.C30H20.C16H13BO2.C14H9Br.C10H9BO2.C6H4Br2/c31-30-27-15-7-5-13-25(27)29(26-14-6-8-16-28(26)30)24-12-4-3-11-23(24)22-18-17-20-9-1-2-10-21(20)19-22;1-2-10-22-19-25(18-17-21(22)9-1)26-13-7-8-16-29(26)30-27-14-5-3-11-23(27)20-24-12-4-6-15-28(24)30;18-17(19)16-8-4-3-7-15(16)14-10-9-12-5-1-2-6-13(12)11-14;15-14-12-7-3-1-5-10(12)9-11-6-2-4-8-13(11)14;12-11(13)10-6-5-8-3-1-2-4-9(8)7-10;7-5-3-1-2-4-6(5)8/h1-19H;1-20H;1-11,18-19H;1-9H;1-7,12-13H;1-4H. The fourth-order valence-corrected chi connectivity index (χ4v) is 17.4. The van der Waals surface area contributed by atoms with E-state index in [0.717, 1.165) is 40.7 Å². The quantitative estimate of drug-likeness (QED) is 0.0947. The number of hydrogen-bond donors (Lipinski definition) is 4. The smallest absolute Gasteiger partial charge is 0.423 e. The Labute approximate surface area is 708 Å². The first-order valence-electron chi connectivity index (χ1n) is 38.3. The molecule has 0 heterocycles. The van der Waals surface area contributed by atoms with Crippen molar-refractivity contribution in [1.82, 2.24) is 0 Å². The van der Waals surface area contributed by atoms with E-state index in [9.17, 15) is 10.0 Å². The lowest BCUT2D eigenvalue weighted by molar-refractivity contribution is 0.424. The van der Waals surface area contributed by atoms with Gasteiger partial charge in [0.1, 0.15) is 0 Å². The van der Waals surface area contributed by atoms with Gasteiger partial charge < -0.3 is 20.1 Å². The molecule has 0 bridgehead atoms. The molecule has 10 heteroatoms. The van der Waals surface area contributed by atoms with E-state index in [-0.39, 0.29) is 0 Å². The Hall–Kier alpha value is -11.9. The van der Waals surface area contributed by atoms with Gasteiger partial charge >= 0.3 is 14.2 Å². The van der Waals surface area contributed by atoms with Gasteiger partial charge in [0.25, 0.3) is 0 Å². The second-order valence-electron chi connectivity index (χ2n) is 28.2. The van der Waals surface area contributed by atoms with Crippen LogP contribution in [-0.2, 0) is 0 Å². The molecular weight excluding hydrogens is 1680 g/mol. The second-order valence-corrected chi connectivity index (χ2v) is 31.5. The minimum atomic E-state index is -1.46. The predicted molar refractivity (Wildman–Crippen MR) is 511 cm³/mol. The Balaban J connectivity index is 0.000000110. The van der Waals surface area contributed by atoms with Crippen LogP contribution in [0.25, 0.3) is 163 Å². The average molecular weight is 1750 g/mol. The fourth-order valence-electron chi connectivity index (χ4n) is 15.4. The first-order valence-corrected chi connectivity index (χ1v) is 41.5. The van der Waals surface area contributed by atoms with E-state index < -0.39 is 14.2 Å². The first-order chi connectivity index (χ1) is 56.9. The summed E-state index contributed by atoms with van der Waals surface area (Å²) in [6.07, 6.45) is 0. The normalized spacial score (nSPS) is 10.9. The Morgan fingerprint density at radius 1 is 0.172 bits per heavy atom. The molecule has 0 spiro atoms. The van der Waals surface area contributed by atoms with Crippen LogP contribution in [-0.4, -0.2) is 34.3 Å². The van der Waals surface area contributed by atoms with Gasteiger partial charge in [-0.2, -0.15) is 0 Å². The number of halogens is 4. The zero-order valence-corrected chi connectivity index (χ0v) is 69.2. The van der Waals surface area contributed by atoms with Crippen molar-refractivity contribution in [2.45, 2.75) is 0 Å². The van der Waals surface area contributed by atoms with Gasteiger partial charge in [-0.3, -0.25) is 0 Å². The van der Waals surface area contributed by atoms with Gasteiger partial charge in [-0.25, -0.2) is 0 Å². The summed E-state index contributed by atoms with van der Waals surface area (Å²) in [5.41, 5.74) is 13.0. The summed E-state index contributed by atoms with van der Waals surface area (Å²) in [5, 5.41) is 61.5. The largest absolute Gasteiger partial charge is 0.489 e. The zero-order valence-electron chi connectivity index (χ0n) is 62.9. The Bertz CT molecular complexity index is 6970. The highest BCUT2D eigenvalue weighted by Gasteiger charge is 2.20. The summed E-state index contributed by atoms with van der Waals surface area (Å²) in [6, 6.07) is 147. The predicted octanol–water partition coefficient (Wildman–Crippen LogP) is 28.4. The van der Waals surface area contributed by atoms with E-state index in [0.29, 0.717) is 10.9 Å². The Morgan fingerprint density at radius 2 is 0.431 bits per heavy atom. The van der Waals surface area contributed by atoms with E-state index >= 15 is 0 Å². The molecule has 0 fully saturated rings. The summed E-state index contributed by atoms with van der Waals surface area (Å²) in [4.78, 5) is 0. The van der Waals surface area contributed by atoms with Crippen molar-refractivity contribution in [2.75, 3.05) is 0 Å². The van der Waals surface area contributed by atoms with Gasteiger partial charge in [-0.1, -0.05) is 382 Å². The molecule has 0 saturated heterocycles. The molecule has 556 valence electrons. The van der Waals surface area contributed by atoms with E-state index in [1.165, 1.54) is 141 Å². The Morgan fingerprint density at radius 3 is 0.810 bits per heavy atom. The second kappa shape index (κ2) is 36.3. The van der Waals surface area contributed by atoms with E-state index in [1.807, 2.05) is 91.0 Å². The van der Waals surface area contributed by atoms with Crippen molar-refractivity contribution < 1.29 is 20.1 Å². The minimum absolute atomic E-state index is 0.526. The molecule has 0 amide bonds. The van der Waals surface area contributed by atoms with Crippen LogP contribution in [0.2, 0.25) is 0 Å². The van der Waals surface area contributed by atoms with Crippen molar-refractivity contribution in [3.8, 4) is 55.6 Å². The monoisotopic (exact) mass is 1750 g/mol. The third-order valence-corrected chi connectivity index (χ3v) is 24.7. The average Bonchev–Trinajstić information content (AvgIpc) is 0.745. The highest BCUT2D eigenvalue weighted by molar-refractivity contribution is 9.13. The maximum atomic E-state index is 9.43. The summed E-state index contributed by atoms with van der Waals surface area (Å²) in [6.45, 7) is 0. The van der Waals surface area contributed by atoms with Crippen molar-refractivity contribution >= 4 is 197 Å². The lowest BCUT2D eigenvalue weighted by atomic mass is 9.75. The molecule has 0 aliphatic heterocycles. The molecule has 0 saturated carbocycles. The molecule has 21 rings (SSSR count). The fraction of sp³-hybridized carbons (Fsp3) is 0. The lowest BCUT2D eigenvalue weighted by Crippen LogP contribution is -2.31. The molecule has 116 heavy (non-hydrogen) atoms. The molecule has 0 radical (unpaired) electrons. The van der Waals surface area contributed by atoms with Gasteiger partial charge in [0, 0.05) is 17.9 Å². The highest BCUT2D eigenvalue weighted by atomic mass is 79.9. The van der Waals surface area contributed by atoms with Crippen LogP contribution < -0.4 is 10.9 Å². The van der Waals surface area contributed by atoms with Crippen LogP contribution in [0, 0.1) is 0 Å². The zero-order chi connectivity index (χ0) is 79.4. The van der Waals surface area contributed by atoms with Gasteiger partial charge in [0.15, 0.2) is 0 Å². The summed E-state index contributed by atoms with van der Waals surface area (Å²) in [5.74, 6) is 0. The SMILES string of the molecule is Brc1c2ccccc2c(-c2ccccc2-c2ccc3ccccc3c2)c2ccccc12.Brc1c2ccccc2cc2ccccc12.Brc1ccccc1Br.OB(O)c1ccc2ccccc2c1.OB(O)c1ccccc1-c1ccc2ccccc2c1.c1ccc(-c2c3ccccc3cc3ccccc23)c(-c2ccc3ccccc3c2)c1. The molecule has 0 aromatic heterocycles. The molecule has 0 atom stereocenters. The van der Waals surface area contributed by atoms with Gasteiger partial charge in [0.05, 0.1) is 0 Å². The number of fused-ring (bicyclic) bond motifs is 10. The van der Waals surface area contributed by atoms with Crippen molar-refractivity contribution in [3.63, 3.8) is 0 Å². The molecular formula is C106H74B2Br4O4. The van der Waals surface area contributed by atoms with Crippen LogP contribution in [0.5, 0.6) is 0 Å². The van der Waals surface area contributed by atoms with E-state index in [4.69, 9.17) is 10.0 Å². The van der Waals surface area contributed by atoms with Crippen LogP contribution in [0.4, 0.5) is 0 Å². The molecule has 4 N–H and O–H groups in total. The highest BCUT2D eigenvalue weighted by Crippen LogP contribution is 2.46. The van der Waals surface area contributed by atoms with E-state index in [2.05, 4.69) is 373 Å². The molecule has 0 aliphatic carbocycles. The van der Waals surface area contributed by atoms with Crippen LogP contribution in [0.1, 0.15) is 0 Å². The molecule has 21 aromatic rings. The van der Waals surface area contributed by atoms with E-state index in [1.54, 1.807) is 24.3 Å². The number of benzene rings is 21. The first kappa shape index (κ1) is 78.0. The van der Waals surface area contributed by atoms with Crippen molar-refractivity contribution in [1.29, 1.82) is 0 Å². The van der Waals surface area contributed by atoms with Gasteiger partial charge in [-0.15, -0.1) is 0 Å². The minimum Gasteiger partial charge on any atom is -0.423 e. The van der Waals surface area contributed by atoms with Crippen LogP contribution >= 0.6 is 63.7 Å². The van der Waals surface area contributed by atoms with Crippen molar-refractivity contribution in [3.05, 3.63) is 443 Å². The lowest BCUT2D eigenvalue weighted by Gasteiger charge is -2.17. The molecule has 0 aliphatic rings. The van der Waals surface area contributed by atoms with Gasteiger partial charge in [0.2, 0.25) is 0 Å². The van der Waals surface area contributed by atoms with Crippen LogP contribution in [0.3, 0.4) is 0 Å². The van der Waals surface area contributed by atoms with Gasteiger partial charge in [-0.05, 0) is 280 Å². The summed E-state index contributed by atoms with van der Waals surface area (Å²) >= 11 is 14.3. The maximum Gasteiger partial charge on any atom is 0.489 e. The van der Waals surface area contributed by atoms with Crippen molar-refractivity contribution in [2.24, 2.45) is 0 Å². The third-order valence-electron chi connectivity index (χ3n) is 21.1. The number of rotatable bonds is 7. The summed E-state index contributed by atoms with van der Waals surface area (Å²) in [7, 11) is -2.84.